The highest BCUT2D eigenvalue weighted by Crippen LogP contribution is 2.28. The fourth-order valence-electron chi connectivity index (χ4n) is 1.75. The predicted molar refractivity (Wildman–Crippen MR) is 71.7 cm³/mol. The minimum atomic E-state index is -0.420. The first-order chi connectivity index (χ1) is 9.71. The monoisotopic (exact) mass is 297 g/mol. The summed E-state index contributed by atoms with van der Waals surface area (Å²) in [5.41, 5.74) is 0.381. The first kappa shape index (κ1) is 14.9. The first-order valence-corrected chi connectivity index (χ1v) is 7.23. The summed E-state index contributed by atoms with van der Waals surface area (Å²) in [5, 5.41) is 17.9. The fraction of sp³-hybridized carbons (Fsp3) is 0.500. The maximum atomic E-state index is 14.1. The molecule has 0 aliphatic rings. The molecule has 0 amide bonds. The highest BCUT2D eigenvalue weighted by atomic mass is 32.2. The molecule has 0 spiro atoms. The smallest absolute Gasteiger partial charge is 0.197 e. The van der Waals surface area contributed by atoms with Gasteiger partial charge in [0.2, 0.25) is 0 Å². The van der Waals surface area contributed by atoms with Crippen molar-refractivity contribution in [1.82, 2.24) is 24.7 Å². The van der Waals surface area contributed by atoms with Crippen LogP contribution in [0.5, 0.6) is 0 Å². The molecule has 0 saturated heterocycles. The summed E-state index contributed by atoms with van der Waals surface area (Å²) in [6, 6.07) is 0. The summed E-state index contributed by atoms with van der Waals surface area (Å²) in [7, 11) is 0. The van der Waals surface area contributed by atoms with Crippen LogP contribution in [0.15, 0.2) is 16.5 Å². The van der Waals surface area contributed by atoms with Gasteiger partial charge in [-0.05, 0) is 24.6 Å². The lowest BCUT2D eigenvalue weighted by Crippen LogP contribution is -2.05. The summed E-state index contributed by atoms with van der Waals surface area (Å²) >= 11 is 1.10. The Labute approximate surface area is 120 Å². The molecule has 0 aromatic carbocycles. The normalized spacial score (nSPS) is 11.0. The maximum Gasteiger partial charge on any atom is 0.197 e. The minimum Gasteiger partial charge on any atom is -0.388 e. The predicted octanol–water partition coefficient (Wildman–Crippen LogP) is 1.82. The van der Waals surface area contributed by atoms with Crippen molar-refractivity contribution in [2.45, 2.75) is 50.0 Å². The lowest BCUT2D eigenvalue weighted by atomic mass is 10.3. The topological polar surface area (TPSA) is 76.7 Å². The van der Waals surface area contributed by atoms with E-state index in [1.807, 2.05) is 13.8 Å². The van der Waals surface area contributed by atoms with Gasteiger partial charge in [-0.1, -0.05) is 13.8 Å². The molecular weight excluding hydrogens is 281 g/mol. The van der Waals surface area contributed by atoms with E-state index < -0.39 is 5.82 Å². The van der Waals surface area contributed by atoms with Crippen molar-refractivity contribution in [3.05, 3.63) is 23.7 Å². The number of halogens is 1. The molecule has 0 radical (unpaired) electrons. The van der Waals surface area contributed by atoms with Crippen LogP contribution in [0.25, 0.3) is 0 Å². The zero-order valence-electron chi connectivity index (χ0n) is 11.4. The highest BCUT2D eigenvalue weighted by molar-refractivity contribution is 7.99. The molecule has 0 bridgehead atoms. The van der Waals surface area contributed by atoms with Crippen LogP contribution in [0.1, 0.15) is 31.8 Å². The number of hydrogen-bond donors (Lipinski definition) is 1. The van der Waals surface area contributed by atoms with E-state index in [2.05, 4.69) is 20.2 Å². The van der Waals surface area contributed by atoms with Gasteiger partial charge >= 0.3 is 0 Å². The van der Waals surface area contributed by atoms with Crippen molar-refractivity contribution in [3.63, 3.8) is 0 Å². The third-order valence-electron chi connectivity index (χ3n) is 2.73. The standard InChI is InChI=1S/C12H16FN5OS/c1-3-5-18-9(6-19)16-17-12(18)20-11-10(13)8(4-2)14-7-15-11/h7,19H,3-6H2,1-2H3. The Kier molecular flexibility index (Phi) is 5.02. The van der Waals surface area contributed by atoms with E-state index in [9.17, 15) is 9.50 Å². The van der Waals surface area contributed by atoms with E-state index in [0.717, 1.165) is 18.2 Å². The average Bonchev–Trinajstić information content (AvgIpc) is 2.84. The molecule has 2 aromatic heterocycles. The zero-order valence-corrected chi connectivity index (χ0v) is 12.2. The van der Waals surface area contributed by atoms with Gasteiger partial charge in [-0.25, -0.2) is 14.4 Å². The van der Waals surface area contributed by atoms with Crippen LogP contribution in [0, 0.1) is 5.82 Å². The van der Waals surface area contributed by atoms with Gasteiger partial charge in [-0.2, -0.15) is 0 Å². The molecule has 2 rings (SSSR count). The molecular formula is C12H16FN5OS. The molecule has 0 atom stereocenters. The van der Waals surface area contributed by atoms with Crippen LogP contribution < -0.4 is 0 Å². The molecule has 108 valence electrons. The second-order valence-electron chi connectivity index (χ2n) is 4.10. The van der Waals surface area contributed by atoms with E-state index in [4.69, 9.17) is 0 Å². The van der Waals surface area contributed by atoms with Gasteiger partial charge in [0.1, 0.15) is 18.0 Å². The third kappa shape index (κ3) is 2.96. The van der Waals surface area contributed by atoms with Crippen LogP contribution in [0.2, 0.25) is 0 Å². The van der Waals surface area contributed by atoms with Gasteiger partial charge in [0.15, 0.2) is 16.8 Å². The van der Waals surface area contributed by atoms with Gasteiger partial charge in [0.25, 0.3) is 0 Å². The number of rotatable bonds is 6. The second-order valence-corrected chi connectivity index (χ2v) is 5.06. The van der Waals surface area contributed by atoms with Crippen molar-refractivity contribution < 1.29 is 9.50 Å². The van der Waals surface area contributed by atoms with Crippen molar-refractivity contribution in [3.8, 4) is 0 Å². The van der Waals surface area contributed by atoms with Crippen molar-refractivity contribution in [2.24, 2.45) is 0 Å². The van der Waals surface area contributed by atoms with Gasteiger partial charge in [-0.15, -0.1) is 10.2 Å². The van der Waals surface area contributed by atoms with Gasteiger partial charge < -0.3 is 9.67 Å². The van der Waals surface area contributed by atoms with Crippen molar-refractivity contribution in [1.29, 1.82) is 0 Å². The molecule has 2 aromatic rings. The van der Waals surface area contributed by atoms with Crippen LogP contribution >= 0.6 is 11.8 Å². The molecule has 20 heavy (non-hydrogen) atoms. The lowest BCUT2D eigenvalue weighted by Gasteiger charge is -2.08. The lowest BCUT2D eigenvalue weighted by molar-refractivity contribution is 0.263. The van der Waals surface area contributed by atoms with Crippen LogP contribution in [0.3, 0.4) is 0 Å². The van der Waals surface area contributed by atoms with E-state index in [1.54, 1.807) is 4.57 Å². The summed E-state index contributed by atoms with van der Waals surface area (Å²) in [6.45, 7) is 4.32. The summed E-state index contributed by atoms with van der Waals surface area (Å²) < 4.78 is 15.9. The first-order valence-electron chi connectivity index (χ1n) is 6.41. The molecule has 0 aliphatic carbocycles. The maximum absolute atomic E-state index is 14.1. The molecule has 8 heteroatoms. The molecule has 6 nitrogen and oxygen atoms in total. The molecule has 0 fully saturated rings. The Morgan fingerprint density at radius 2 is 2.10 bits per heavy atom. The summed E-state index contributed by atoms with van der Waals surface area (Å²) in [5.74, 6) is 0.0520. The number of aliphatic hydroxyl groups excluding tert-OH is 1. The van der Waals surface area contributed by atoms with Gasteiger partial charge in [-0.3, -0.25) is 0 Å². The van der Waals surface area contributed by atoms with Crippen molar-refractivity contribution >= 4 is 11.8 Å². The molecule has 0 unspecified atom stereocenters. The Bertz CT molecular complexity index is 589. The zero-order chi connectivity index (χ0) is 14.5. The fourth-order valence-corrected chi connectivity index (χ4v) is 2.62. The Hall–Kier alpha value is -1.54. The van der Waals surface area contributed by atoms with Gasteiger partial charge in [0.05, 0.1) is 5.69 Å². The molecule has 0 aliphatic heterocycles. The highest BCUT2D eigenvalue weighted by Gasteiger charge is 2.17. The Morgan fingerprint density at radius 1 is 1.30 bits per heavy atom. The SMILES string of the molecule is CCCn1c(CO)nnc1Sc1ncnc(CC)c1F. The number of aliphatic hydroxyl groups is 1. The summed E-state index contributed by atoms with van der Waals surface area (Å²) in [6.07, 6.45) is 2.72. The second kappa shape index (κ2) is 6.76. The average molecular weight is 297 g/mol. The number of aromatic nitrogens is 5. The number of hydrogen-bond acceptors (Lipinski definition) is 6. The van der Waals surface area contributed by atoms with E-state index >= 15 is 0 Å². The Balaban J connectivity index is 2.32. The van der Waals surface area contributed by atoms with Gasteiger partial charge in [0, 0.05) is 6.54 Å². The number of aryl methyl sites for hydroxylation is 1. The third-order valence-corrected chi connectivity index (χ3v) is 3.70. The Morgan fingerprint density at radius 3 is 2.75 bits per heavy atom. The van der Waals surface area contributed by atoms with Crippen molar-refractivity contribution in [2.75, 3.05) is 0 Å². The van der Waals surface area contributed by atoms with E-state index in [0.29, 0.717) is 29.6 Å². The van der Waals surface area contributed by atoms with E-state index in [1.165, 1.54) is 6.33 Å². The number of nitrogens with zero attached hydrogens (tertiary/aromatic N) is 5. The quantitative estimate of drug-likeness (QED) is 0.820. The molecule has 0 saturated carbocycles. The molecule has 2 heterocycles. The largest absolute Gasteiger partial charge is 0.388 e. The minimum absolute atomic E-state index is 0.194. The van der Waals surface area contributed by atoms with E-state index in [-0.39, 0.29) is 11.6 Å². The van der Waals surface area contributed by atoms with Crippen LogP contribution in [-0.2, 0) is 19.6 Å². The van der Waals surface area contributed by atoms with Crippen LogP contribution in [-0.4, -0.2) is 29.8 Å². The van der Waals surface area contributed by atoms with Crippen LogP contribution in [0.4, 0.5) is 4.39 Å². The summed E-state index contributed by atoms with van der Waals surface area (Å²) in [4.78, 5) is 7.85. The molecule has 1 N–H and O–H groups in total.